The summed E-state index contributed by atoms with van der Waals surface area (Å²) >= 11 is 0. The van der Waals surface area contributed by atoms with Crippen LogP contribution in [0.5, 0.6) is 0 Å². The standard InChI is InChI=1S/C16H16F2O2/c1-20-10-11-5-7-12(8-6-11)16(19)9-13-14(17)3-2-4-15(13)18/h2-8,16,19H,9-10H2,1H3. The minimum absolute atomic E-state index is 0.0951. The number of ether oxygens (including phenoxy) is 1. The van der Waals surface area contributed by atoms with Crippen molar-refractivity contribution in [1.82, 2.24) is 0 Å². The van der Waals surface area contributed by atoms with Crippen LogP contribution in [0, 0.1) is 11.6 Å². The fraction of sp³-hybridized carbons (Fsp3) is 0.250. The molecule has 0 fully saturated rings. The van der Waals surface area contributed by atoms with Gasteiger partial charge in [-0.05, 0) is 23.3 Å². The Balaban J connectivity index is 2.13. The molecule has 106 valence electrons. The first-order valence-corrected chi connectivity index (χ1v) is 6.30. The molecule has 4 heteroatoms. The van der Waals surface area contributed by atoms with E-state index in [-0.39, 0.29) is 12.0 Å². The fourth-order valence-electron chi connectivity index (χ4n) is 2.04. The quantitative estimate of drug-likeness (QED) is 0.908. The van der Waals surface area contributed by atoms with Gasteiger partial charge in [-0.2, -0.15) is 0 Å². The molecule has 0 bridgehead atoms. The predicted molar refractivity (Wildman–Crippen MR) is 72.2 cm³/mol. The molecule has 0 radical (unpaired) electrons. The maximum Gasteiger partial charge on any atom is 0.129 e. The molecule has 0 aliphatic rings. The van der Waals surface area contributed by atoms with Crippen LogP contribution in [-0.2, 0) is 17.8 Å². The van der Waals surface area contributed by atoms with Gasteiger partial charge in [0, 0.05) is 19.1 Å². The molecule has 0 amide bonds. The normalized spacial score (nSPS) is 12.4. The summed E-state index contributed by atoms with van der Waals surface area (Å²) in [4.78, 5) is 0. The van der Waals surface area contributed by atoms with Crippen molar-refractivity contribution in [2.24, 2.45) is 0 Å². The zero-order chi connectivity index (χ0) is 14.5. The number of hydrogen-bond donors (Lipinski definition) is 1. The monoisotopic (exact) mass is 278 g/mol. The molecule has 0 saturated heterocycles. The van der Waals surface area contributed by atoms with Crippen LogP contribution in [0.1, 0.15) is 22.8 Å². The first kappa shape index (κ1) is 14.6. The molecule has 1 N–H and O–H groups in total. The SMILES string of the molecule is COCc1ccc(C(O)Cc2c(F)cccc2F)cc1. The Morgan fingerprint density at radius 2 is 1.65 bits per heavy atom. The van der Waals surface area contributed by atoms with E-state index in [2.05, 4.69) is 0 Å². The highest BCUT2D eigenvalue weighted by Gasteiger charge is 2.15. The number of methoxy groups -OCH3 is 1. The van der Waals surface area contributed by atoms with Crippen LogP contribution in [0.25, 0.3) is 0 Å². The molecular formula is C16H16F2O2. The predicted octanol–water partition coefficient (Wildman–Crippen LogP) is 3.39. The lowest BCUT2D eigenvalue weighted by Gasteiger charge is -2.13. The van der Waals surface area contributed by atoms with E-state index in [0.29, 0.717) is 12.2 Å². The third kappa shape index (κ3) is 3.40. The summed E-state index contributed by atoms with van der Waals surface area (Å²) < 4.78 is 32.0. The molecule has 1 unspecified atom stereocenters. The minimum atomic E-state index is -0.946. The highest BCUT2D eigenvalue weighted by atomic mass is 19.1. The highest BCUT2D eigenvalue weighted by Crippen LogP contribution is 2.22. The van der Waals surface area contributed by atoms with Crippen molar-refractivity contribution < 1.29 is 18.6 Å². The van der Waals surface area contributed by atoms with Gasteiger partial charge in [0.1, 0.15) is 11.6 Å². The van der Waals surface area contributed by atoms with Gasteiger partial charge < -0.3 is 9.84 Å². The summed E-state index contributed by atoms with van der Waals surface area (Å²) in [5.74, 6) is -1.28. The van der Waals surface area contributed by atoms with Gasteiger partial charge >= 0.3 is 0 Å². The number of rotatable bonds is 5. The van der Waals surface area contributed by atoms with Crippen molar-refractivity contribution >= 4 is 0 Å². The molecule has 1 atom stereocenters. The lowest BCUT2D eigenvalue weighted by Crippen LogP contribution is -2.06. The highest BCUT2D eigenvalue weighted by molar-refractivity contribution is 5.27. The third-order valence-corrected chi connectivity index (χ3v) is 3.13. The lowest BCUT2D eigenvalue weighted by atomic mass is 10.00. The molecule has 2 rings (SSSR count). The average molecular weight is 278 g/mol. The lowest BCUT2D eigenvalue weighted by molar-refractivity contribution is 0.174. The van der Waals surface area contributed by atoms with E-state index >= 15 is 0 Å². The summed E-state index contributed by atoms with van der Waals surface area (Å²) in [5.41, 5.74) is 1.49. The maximum atomic E-state index is 13.5. The van der Waals surface area contributed by atoms with Crippen LogP contribution in [0.4, 0.5) is 8.78 Å². The minimum Gasteiger partial charge on any atom is -0.388 e. The van der Waals surface area contributed by atoms with Gasteiger partial charge in [-0.25, -0.2) is 8.78 Å². The summed E-state index contributed by atoms with van der Waals surface area (Å²) in [5, 5.41) is 10.1. The second-order valence-electron chi connectivity index (χ2n) is 4.59. The third-order valence-electron chi connectivity index (χ3n) is 3.13. The van der Waals surface area contributed by atoms with E-state index in [9.17, 15) is 13.9 Å². The second kappa shape index (κ2) is 6.59. The van der Waals surface area contributed by atoms with Crippen LogP contribution in [0.2, 0.25) is 0 Å². The topological polar surface area (TPSA) is 29.5 Å². The number of halogens is 2. The number of hydrogen-bond acceptors (Lipinski definition) is 2. The maximum absolute atomic E-state index is 13.5. The van der Waals surface area contributed by atoms with Gasteiger partial charge in [0.2, 0.25) is 0 Å². The van der Waals surface area contributed by atoms with E-state index in [0.717, 1.165) is 5.56 Å². The van der Waals surface area contributed by atoms with Crippen LogP contribution >= 0.6 is 0 Å². The van der Waals surface area contributed by atoms with Crippen molar-refractivity contribution in [2.75, 3.05) is 7.11 Å². The molecule has 2 aromatic carbocycles. The van der Waals surface area contributed by atoms with E-state index in [4.69, 9.17) is 4.74 Å². The van der Waals surface area contributed by atoms with E-state index < -0.39 is 17.7 Å². The van der Waals surface area contributed by atoms with Crippen molar-refractivity contribution in [2.45, 2.75) is 19.1 Å². The summed E-state index contributed by atoms with van der Waals surface area (Å²) in [6.45, 7) is 0.484. The van der Waals surface area contributed by atoms with Crippen molar-refractivity contribution in [3.8, 4) is 0 Å². The Kier molecular flexibility index (Phi) is 4.82. The Bertz CT molecular complexity index is 547. The fourth-order valence-corrected chi connectivity index (χ4v) is 2.04. The van der Waals surface area contributed by atoms with Gasteiger partial charge in [-0.1, -0.05) is 30.3 Å². The average Bonchev–Trinajstić information content (AvgIpc) is 2.44. The van der Waals surface area contributed by atoms with Crippen LogP contribution in [0.15, 0.2) is 42.5 Å². The molecule has 0 aromatic heterocycles. The van der Waals surface area contributed by atoms with Crippen molar-refractivity contribution in [3.63, 3.8) is 0 Å². The molecule has 0 aliphatic heterocycles. The molecule has 0 aliphatic carbocycles. The molecule has 2 aromatic rings. The zero-order valence-corrected chi connectivity index (χ0v) is 11.1. The first-order valence-electron chi connectivity index (χ1n) is 6.30. The summed E-state index contributed by atoms with van der Waals surface area (Å²) in [6.07, 6.45) is -1.04. The van der Waals surface area contributed by atoms with Gasteiger partial charge in [0.15, 0.2) is 0 Å². The molecule has 20 heavy (non-hydrogen) atoms. The Morgan fingerprint density at radius 3 is 2.20 bits per heavy atom. The van der Waals surface area contributed by atoms with E-state index in [1.165, 1.54) is 18.2 Å². The van der Waals surface area contributed by atoms with Gasteiger partial charge in [-0.3, -0.25) is 0 Å². The molecule has 0 saturated carbocycles. The second-order valence-corrected chi connectivity index (χ2v) is 4.59. The van der Waals surface area contributed by atoms with Crippen LogP contribution < -0.4 is 0 Å². The number of aliphatic hydroxyl groups excluding tert-OH is 1. The largest absolute Gasteiger partial charge is 0.388 e. The molecule has 0 heterocycles. The Hall–Kier alpha value is -1.78. The Morgan fingerprint density at radius 1 is 1.05 bits per heavy atom. The summed E-state index contributed by atoms with van der Waals surface area (Å²) in [6, 6.07) is 10.8. The number of aliphatic hydroxyl groups is 1. The van der Waals surface area contributed by atoms with Crippen LogP contribution in [0.3, 0.4) is 0 Å². The smallest absolute Gasteiger partial charge is 0.129 e. The van der Waals surface area contributed by atoms with Gasteiger partial charge in [-0.15, -0.1) is 0 Å². The van der Waals surface area contributed by atoms with Gasteiger partial charge in [0.25, 0.3) is 0 Å². The van der Waals surface area contributed by atoms with Gasteiger partial charge in [0.05, 0.1) is 12.7 Å². The van der Waals surface area contributed by atoms with E-state index in [1.807, 2.05) is 12.1 Å². The Labute approximate surface area is 116 Å². The molecule has 0 spiro atoms. The van der Waals surface area contributed by atoms with Crippen LogP contribution in [-0.4, -0.2) is 12.2 Å². The molecular weight excluding hydrogens is 262 g/mol. The van der Waals surface area contributed by atoms with E-state index in [1.54, 1.807) is 19.2 Å². The first-order chi connectivity index (χ1) is 9.61. The van der Waals surface area contributed by atoms with Crippen molar-refractivity contribution in [1.29, 1.82) is 0 Å². The zero-order valence-electron chi connectivity index (χ0n) is 11.1. The summed E-state index contributed by atoms with van der Waals surface area (Å²) in [7, 11) is 1.60. The molecule has 2 nitrogen and oxygen atoms in total. The van der Waals surface area contributed by atoms with Crippen molar-refractivity contribution in [3.05, 3.63) is 70.8 Å². The number of benzene rings is 2.